The molecule has 2 aliphatic rings. The van der Waals surface area contributed by atoms with Crippen molar-refractivity contribution in [1.29, 1.82) is 0 Å². The number of amides is 1. The van der Waals surface area contributed by atoms with E-state index >= 15 is 0 Å². The topological polar surface area (TPSA) is 32.3 Å². The monoisotopic (exact) mass is 316 g/mol. The van der Waals surface area contributed by atoms with Gasteiger partial charge in [-0.2, -0.15) is 11.8 Å². The number of anilines is 2. The van der Waals surface area contributed by atoms with Crippen LogP contribution in [0, 0.1) is 5.82 Å². The number of halogens is 2. The molecule has 2 heterocycles. The number of benzene rings is 1. The Balaban J connectivity index is 2.10. The Morgan fingerprint density at radius 2 is 2.35 bits per heavy atom. The van der Waals surface area contributed by atoms with Crippen molar-refractivity contribution in [2.75, 3.05) is 28.3 Å². The van der Waals surface area contributed by atoms with Gasteiger partial charge < -0.3 is 10.2 Å². The average molecular weight is 317 g/mol. The SMILES string of the molecule is O=C1Nc2cc(Br)c(F)cc2N2CCSCC12. The van der Waals surface area contributed by atoms with Gasteiger partial charge in [0.2, 0.25) is 5.91 Å². The summed E-state index contributed by atoms with van der Waals surface area (Å²) in [7, 11) is 0. The Bertz CT molecular complexity index is 497. The fourth-order valence-electron chi connectivity index (χ4n) is 2.20. The zero-order valence-corrected chi connectivity index (χ0v) is 11.3. The predicted molar refractivity (Wildman–Crippen MR) is 71.2 cm³/mol. The van der Waals surface area contributed by atoms with Gasteiger partial charge in [-0.05, 0) is 22.0 Å². The second kappa shape index (κ2) is 4.17. The predicted octanol–water partition coefficient (Wildman–Crippen LogP) is 2.46. The van der Waals surface area contributed by atoms with E-state index in [2.05, 4.69) is 21.2 Å². The number of hydrogen-bond donors (Lipinski definition) is 1. The highest BCUT2D eigenvalue weighted by Crippen LogP contribution is 2.38. The Kier molecular flexibility index (Phi) is 2.78. The van der Waals surface area contributed by atoms with E-state index in [4.69, 9.17) is 0 Å². The molecule has 1 atom stereocenters. The van der Waals surface area contributed by atoms with Crippen LogP contribution in [0.15, 0.2) is 16.6 Å². The molecule has 0 aliphatic carbocycles. The maximum atomic E-state index is 13.6. The summed E-state index contributed by atoms with van der Waals surface area (Å²) in [6.07, 6.45) is 0. The second-order valence-corrected chi connectivity index (χ2v) is 6.06. The fourth-order valence-corrected chi connectivity index (χ4v) is 3.59. The van der Waals surface area contributed by atoms with E-state index in [9.17, 15) is 9.18 Å². The Morgan fingerprint density at radius 1 is 1.53 bits per heavy atom. The maximum Gasteiger partial charge on any atom is 0.247 e. The van der Waals surface area contributed by atoms with Crippen LogP contribution in [0.1, 0.15) is 0 Å². The van der Waals surface area contributed by atoms with Gasteiger partial charge in [-0.1, -0.05) is 0 Å². The molecule has 1 fully saturated rings. The molecule has 0 bridgehead atoms. The van der Waals surface area contributed by atoms with Crippen LogP contribution in [0.4, 0.5) is 15.8 Å². The molecule has 0 aromatic heterocycles. The lowest BCUT2D eigenvalue weighted by molar-refractivity contribution is -0.117. The lowest BCUT2D eigenvalue weighted by Crippen LogP contribution is -2.52. The van der Waals surface area contributed by atoms with Crippen LogP contribution in [0.2, 0.25) is 0 Å². The molecule has 1 amide bonds. The van der Waals surface area contributed by atoms with Gasteiger partial charge in [0, 0.05) is 24.1 Å². The molecule has 3 nitrogen and oxygen atoms in total. The first kappa shape index (κ1) is 11.3. The summed E-state index contributed by atoms with van der Waals surface area (Å²) in [5.41, 5.74) is 1.47. The van der Waals surface area contributed by atoms with Gasteiger partial charge in [0.25, 0.3) is 0 Å². The van der Waals surface area contributed by atoms with Crippen molar-refractivity contribution in [2.24, 2.45) is 0 Å². The molecule has 1 aromatic carbocycles. The van der Waals surface area contributed by atoms with Crippen molar-refractivity contribution in [3.8, 4) is 0 Å². The second-order valence-electron chi connectivity index (χ2n) is 4.06. The quantitative estimate of drug-likeness (QED) is 0.798. The van der Waals surface area contributed by atoms with Gasteiger partial charge in [-0.3, -0.25) is 4.79 Å². The summed E-state index contributed by atoms with van der Waals surface area (Å²) in [4.78, 5) is 13.9. The van der Waals surface area contributed by atoms with Crippen molar-refractivity contribution in [2.45, 2.75) is 6.04 Å². The van der Waals surface area contributed by atoms with E-state index in [-0.39, 0.29) is 17.8 Å². The van der Waals surface area contributed by atoms with E-state index in [1.165, 1.54) is 6.07 Å². The molecule has 1 aromatic rings. The first-order chi connectivity index (χ1) is 8.16. The minimum Gasteiger partial charge on any atom is -0.356 e. The lowest BCUT2D eigenvalue weighted by atomic mass is 10.1. The highest BCUT2D eigenvalue weighted by Gasteiger charge is 2.35. The van der Waals surface area contributed by atoms with Crippen LogP contribution in [0.25, 0.3) is 0 Å². The van der Waals surface area contributed by atoms with Crippen LogP contribution in [-0.4, -0.2) is 30.0 Å². The van der Waals surface area contributed by atoms with E-state index < -0.39 is 0 Å². The van der Waals surface area contributed by atoms with E-state index in [0.717, 1.165) is 23.7 Å². The third kappa shape index (κ3) is 1.83. The largest absolute Gasteiger partial charge is 0.356 e. The first-order valence-corrected chi connectivity index (χ1v) is 7.26. The Morgan fingerprint density at radius 3 is 3.18 bits per heavy atom. The molecule has 6 heteroatoms. The molecular weight excluding hydrogens is 307 g/mol. The van der Waals surface area contributed by atoms with Crippen molar-refractivity contribution in [3.05, 3.63) is 22.4 Å². The molecule has 2 aliphatic heterocycles. The van der Waals surface area contributed by atoms with Crippen molar-refractivity contribution in [3.63, 3.8) is 0 Å². The highest BCUT2D eigenvalue weighted by molar-refractivity contribution is 9.10. The molecule has 3 rings (SSSR count). The first-order valence-electron chi connectivity index (χ1n) is 5.31. The van der Waals surface area contributed by atoms with Gasteiger partial charge in [-0.25, -0.2) is 4.39 Å². The summed E-state index contributed by atoms with van der Waals surface area (Å²) in [5, 5.41) is 2.84. The van der Waals surface area contributed by atoms with Crippen LogP contribution in [0.5, 0.6) is 0 Å². The van der Waals surface area contributed by atoms with Crippen LogP contribution < -0.4 is 10.2 Å². The zero-order valence-electron chi connectivity index (χ0n) is 8.87. The Labute approximate surface area is 111 Å². The highest BCUT2D eigenvalue weighted by atomic mass is 79.9. The Hall–Kier alpha value is -0.750. The van der Waals surface area contributed by atoms with Crippen molar-refractivity contribution < 1.29 is 9.18 Å². The van der Waals surface area contributed by atoms with Gasteiger partial charge in [0.15, 0.2) is 0 Å². The fraction of sp³-hybridized carbons (Fsp3) is 0.364. The summed E-state index contributed by atoms with van der Waals surface area (Å²) >= 11 is 4.89. The van der Waals surface area contributed by atoms with E-state index in [1.807, 2.05) is 4.90 Å². The number of carbonyl (C=O) groups excluding carboxylic acids is 1. The summed E-state index contributed by atoms with van der Waals surface area (Å²) < 4.78 is 13.9. The minimum atomic E-state index is -0.295. The standard InChI is InChI=1S/C11H10BrFN2OS/c12-6-3-8-9(4-7(6)13)15-1-2-17-5-10(15)11(16)14-8/h3-4,10H,1-2,5H2,(H,14,16). The van der Waals surface area contributed by atoms with Crippen molar-refractivity contribution >= 4 is 45.0 Å². The number of nitrogens with one attached hydrogen (secondary N) is 1. The number of fused-ring (bicyclic) bond motifs is 3. The molecule has 17 heavy (non-hydrogen) atoms. The summed E-state index contributed by atoms with van der Waals surface area (Å²) in [6.45, 7) is 0.789. The lowest BCUT2D eigenvalue weighted by Gasteiger charge is -2.40. The smallest absolute Gasteiger partial charge is 0.247 e. The van der Waals surface area contributed by atoms with Crippen LogP contribution in [0.3, 0.4) is 0 Å². The average Bonchev–Trinajstić information content (AvgIpc) is 2.32. The molecule has 0 spiro atoms. The number of hydrogen-bond acceptors (Lipinski definition) is 3. The van der Waals surface area contributed by atoms with Gasteiger partial charge >= 0.3 is 0 Å². The molecule has 90 valence electrons. The number of nitrogens with zero attached hydrogens (tertiary/aromatic N) is 1. The van der Waals surface area contributed by atoms with Gasteiger partial charge in [-0.15, -0.1) is 0 Å². The number of rotatable bonds is 0. The normalized spacial score (nSPS) is 22.8. The van der Waals surface area contributed by atoms with Gasteiger partial charge in [0.1, 0.15) is 11.9 Å². The van der Waals surface area contributed by atoms with E-state index in [1.54, 1.807) is 17.8 Å². The molecule has 0 radical (unpaired) electrons. The minimum absolute atomic E-state index is 0.00297. The third-order valence-electron chi connectivity index (χ3n) is 3.04. The third-order valence-corrected chi connectivity index (χ3v) is 4.67. The summed E-state index contributed by atoms with van der Waals surface area (Å²) in [5.74, 6) is 1.45. The van der Waals surface area contributed by atoms with Crippen LogP contribution in [-0.2, 0) is 4.79 Å². The van der Waals surface area contributed by atoms with E-state index in [0.29, 0.717) is 10.2 Å². The summed E-state index contributed by atoms with van der Waals surface area (Å²) in [6, 6.07) is 2.95. The molecule has 0 saturated carbocycles. The number of thioether (sulfide) groups is 1. The number of carbonyl (C=O) groups is 1. The maximum absolute atomic E-state index is 13.6. The molecular formula is C11H10BrFN2OS. The molecule has 1 N–H and O–H groups in total. The molecule has 1 saturated heterocycles. The van der Waals surface area contributed by atoms with Crippen molar-refractivity contribution in [1.82, 2.24) is 0 Å². The van der Waals surface area contributed by atoms with Crippen LogP contribution >= 0.6 is 27.7 Å². The van der Waals surface area contributed by atoms with Gasteiger partial charge in [0.05, 0.1) is 15.8 Å². The molecule has 1 unspecified atom stereocenters. The zero-order chi connectivity index (χ0) is 12.0.